The van der Waals surface area contributed by atoms with E-state index in [1.54, 1.807) is 17.3 Å². The molecule has 0 radical (unpaired) electrons. The molecule has 1 aliphatic carbocycles. The van der Waals surface area contributed by atoms with E-state index in [0.29, 0.717) is 19.5 Å². The summed E-state index contributed by atoms with van der Waals surface area (Å²) < 4.78 is 0. The molecule has 0 aromatic carbocycles. The van der Waals surface area contributed by atoms with Crippen molar-refractivity contribution < 1.29 is 14.4 Å². The van der Waals surface area contributed by atoms with E-state index < -0.39 is 0 Å². The number of carbonyl (C=O) groups excluding carboxylic acids is 3. The fourth-order valence-electron chi connectivity index (χ4n) is 3.73. The van der Waals surface area contributed by atoms with Gasteiger partial charge in [-0.1, -0.05) is 6.07 Å². The predicted octanol–water partition coefficient (Wildman–Crippen LogP) is 1.04. The first-order valence-electron chi connectivity index (χ1n) is 8.93. The molecule has 3 heterocycles. The number of hydrogen-bond donors (Lipinski definition) is 0. The third kappa shape index (κ3) is 3.23. The molecule has 3 fully saturated rings. The van der Waals surface area contributed by atoms with Gasteiger partial charge in [-0.15, -0.1) is 0 Å². The van der Waals surface area contributed by atoms with Crippen LogP contribution in [0.15, 0.2) is 24.5 Å². The minimum Gasteiger partial charge on any atom is -0.342 e. The van der Waals surface area contributed by atoms with Crippen LogP contribution < -0.4 is 0 Å². The molecule has 2 saturated heterocycles. The first-order chi connectivity index (χ1) is 12.1. The zero-order chi connectivity index (χ0) is 17.4. The van der Waals surface area contributed by atoms with Crippen LogP contribution in [-0.4, -0.2) is 69.2 Å². The van der Waals surface area contributed by atoms with Crippen LogP contribution >= 0.6 is 0 Å². The maximum atomic E-state index is 12.5. The normalized spacial score (nSPS) is 22.0. The van der Waals surface area contributed by atoms with Gasteiger partial charge < -0.3 is 9.80 Å². The van der Waals surface area contributed by atoms with Crippen molar-refractivity contribution in [3.63, 3.8) is 0 Å². The lowest BCUT2D eigenvalue weighted by Gasteiger charge is -2.36. The number of pyridine rings is 1. The smallest absolute Gasteiger partial charge is 0.327 e. The Kier molecular flexibility index (Phi) is 4.15. The van der Waals surface area contributed by atoms with Crippen LogP contribution in [0.5, 0.6) is 0 Å². The average molecular weight is 342 g/mol. The Morgan fingerprint density at radius 3 is 2.52 bits per heavy atom. The lowest BCUT2D eigenvalue weighted by atomic mass is 10.0. The van der Waals surface area contributed by atoms with E-state index in [-0.39, 0.29) is 36.5 Å². The number of aromatic nitrogens is 1. The molecule has 0 spiro atoms. The number of likely N-dealkylation sites (tertiary alicyclic amines) is 1. The maximum Gasteiger partial charge on any atom is 0.327 e. The molecule has 0 unspecified atom stereocenters. The van der Waals surface area contributed by atoms with Crippen molar-refractivity contribution in [2.24, 2.45) is 0 Å². The number of urea groups is 1. The van der Waals surface area contributed by atoms with Crippen LogP contribution in [0.3, 0.4) is 0 Å². The predicted molar refractivity (Wildman–Crippen MR) is 89.5 cm³/mol. The Labute approximate surface area is 146 Å². The molecule has 25 heavy (non-hydrogen) atoms. The van der Waals surface area contributed by atoms with E-state index in [2.05, 4.69) is 4.98 Å². The SMILES string of the molecule is O=C(Cc1cccnc1)N1CCC(N2CC(=O)N(C3CC3)C2=O)CC1. The van der Waals surface area contributed by atoms with Crippen molar-refractivity contribution in [2.75, 3.05) is 19.6 Å². The van der Waals surface area contributed by atoms with Crippen LogP contribution in [-0.2, 0) is 16.0 Å². The van der Waals surface area contributed by atoms with E-state index >= 15 is 0 Å². The highest BCUT2D eigenvalue weighted by Gasteiger charge is 2.47. The molecule has 2 aliphatic heterocycles. The largest absolute Gasteiger partial charge is 0.342 e. The first-order valence-corrected chi connectivity index (χ1v) is 8.93. The molecule has 3 aliphatic rings. The summed E-state index contributed by atoms with van der Waals surface area (Å²) in [5.41, 5.74) is 0.912. The Balaban J connectivity index is 1.32. The second-order valence-electron chi connectivity index (χ2n) is 7.06. The van der Waals surface area contributed by atoms with Gasteiger partial charge in [0.15, 0.2) is 0 Å². The molecule has 1 aromatic heterocycles. The van der Waals surface area contributed by atoms with E-state index in [1.807, 2.05) is 17.0 Å². The van der Waals surface area contributed by atoms with Gasteiger partial charge in [0.05, 0.1) is 6.42 Å². The highest BCUT2D eigenvalue weighted by molar-refractivity contribution is 6.02. The molecule has 1 saturated carbocycles. The van der Waals surface area contributed by atoms with Crippen molar-refractivity contribution in [3.8, 4) is 0 Å². The zero-order valence-electron chi connectivity index (χ0n) is 14.1. The number of imide groups is 1. The highest BCUT2D eigenvalue weighted by atomic mass is 16.2. The third-order valence-corrected chi connectivity index (χ3v) is 5.27. The van der Waals surface area contributed by atoms with Crippen LogP contribution in [0, 0.1) is 0 Å². The number of carbonyl (C=O) groups is 3. The molecular formula is C18H22N4O3. The first kappa shape index (κ1) is 16.1. The number of nitrogens with zero attached hydrogens (tertiary/aromatic N) is 4. The summed E-state index contributed by atoms with van der Waals surface area (Å²) >= 11 is 0. The van der Waals surface area contributed by atoms with Crippen LogP contribution in [0.1, 0.15) is 31.2 Å². The summed E-state index contributed by atoms with van der Waals surface area (Å²) in [6, 6.07) is 3.79. The van der Waals surface area contributed by atoms with E-state index in [9.17, 15) is 14.4 Å². The van der Waals surface area contributed by atoms with Gasteiger partial charge in [0.25, 0.3) is 5.91 Å². The minimum absolute atomic E-state index is 0.0580. The Morgan fingerprint density at radius 1 is 1.12 bits per heavy atom. The third-order valence-electron chi connectivity index (χ3n) is 5.27. The highest BCUT2D eigenvalue weighted by Crippen LogP contribution is 2.32. The lowest BCUT2D eigenvalue weighted by Crippen LogP contribution is -2.48. The fraction of sp³-hybridized carbons (Fsp3) is 0.556. The van der Waals surface area contributed by atoms with Crippen molar-refractivity contribution in [3.05, 3.63) is 30.1 Å². The van der Waals surface area contributed by atoms with Gasteiger partial charge in [-0.05, 0) is 37.3 Å². The van der Waals surface area contributed by atoms with Gasteiger partial charge in [-0.25, -0.2) is 4.79 Å². The van der Waals surface area contributed by atoms with Crippen LogP contribution in [0.4, 0.5) is 4.79 Å². The second-order valence-corrected chi connectivity index (χ2v) is 7.06. The van der Waals surface area contributed by atoms with Crippen LogP contribution in [0.2, 0.25) is 0 Å². The average Bonchev–Trinajstić information content (AvgIpc) is 3.41. The van der Waals surface area contributed by atoms with E-state index in [1.165, 1.54) is 4.90 Å². The van der Waals surface area contributed by atoms with Crippen molar-refractivity contribution in [1.29, 1.82) is 0 Å². The molecule has 4 amide bonds. The lowest BCUT2D eigenvalue weighted by molar-refractivity contribution is -0.132. The summed E-state index contributed by atoms with van der Waals surface area (Å²) in [6.07, 6.45) is 7.10. The molecule has 1 aromatic rings. The van der Waals surface area contributed by atoms with Crippen molar-refractivity contribution >= 4 is 17.8 Å². The summed E-state index contributed by atoms with van der Waals surface area (Å²) in [6.45, 7) is 1.46. The Hall–Kier alpha value is -2.44. The molecule has 0 bridgehead atoms. The summed E-state index contributed by atoms with van der Waals surface area (Å²) in [5, 5.41) is 0. The standard InChI is InChI=1S/C18H22N4O3/c23-16(10-13-2-1-7-19-11-13)20-8-5-14(6-9-20)21-12-17(24)22(18(21)25)15-3-4-15/h1-2,7,11,14-15H,3-6,8-10,12H2. The monoisotopic (exact) mass is 342 g/mol. The Bertz CT molecular complexity index is 681. The molecule has 7 heteroatoms. The molecule has 0 atom stereocenters. The molecular weight excluding hydrogens is 320 g/mol. The molecule has 4 rings (SSSR count). The fourth-order valence-corrected chi connectivity index (χ4v) is 3.73. The summed E-state index contributed by atoms with van der Waals surface area (Å²) in [7, 11) is 0. The second kappa shape index (κ2) is 6.46. The molecule has 132 valence electrons. The van der Waals surface area contributed by atoms with Crippen molar-refractivity contribution in [2.45, 2.75) is 44.2 Å². The van der Waals surface area contributed by atoms with Gasteiger partial charge in [-0.3, -0.25) is 19.5 Å². The van der Waals surface area contributed by atoms with Gasteiger partial charge in [0.1, 0.15) is 6.54 Å². The number of rotatable bonds is 4. The molecule has 0 N–H and O–H groups in total. The van der Waals surface area contributed by atoms with Gasteiger partial charge in [-0.2, -0.15) is 0 Å². The topological polar surface area (TPSA) is 73.8 Å². The zero-order valence-corrected chi connectivity index (χ0v) is 14.1. The quantitative estimate of drug-likeness (QED) is 0.767. The van der Waals surface area contributed by atoms with Crippen molar-refractivity contribution in [1.82, 2.24) is 19.7 Å². The van der Waals surface area contributed by atoms with Gasteiger partial charge >= 0.3 is 6.03 Å². The Morgan fingerprint density at radius 2 is 1.88 bits per heavy atom. The minimum atomic E-state index is -0.132. The number of hydrogen-bond acceptors (Lipinski definition) is 4. The summed E-state index contributed by atoms with van der Waals surface area (Å²) in [4.78, 5) is 46.0. The van der Waals surface area contributed by atoms with E-state index in [4.69, 9.17) is 0 Å². The maximum absolute atomic E-state index is 12.5. The van der Waals surface area contributed by atoms with Gasteiger partial charge in [0, 0.05) is 37.6 Å². The number of piperidine rings is 1. The molecule has 7 nitrogen and oxygen atoms in total. The van der Waals surface area contributed by atoms with Gasteiger partial charge in [0.2, 0.25) is 5.91 Å². The number of amides is 4. The van der Waals surface area contributed by atoms with E-state index in [0.717, 1.165) is 31.2 Å². The van der Waals surface area contributed by atoms with Crippen LogP contribution in [0.25, 0.3) is 0 Å². The summed E-state index contributed by atoms with van der Waals surface area (Å²) in [5.74, 6) is 0.0254.